The number of carbonyl (C=O) groups is 2. The summed E-state index contributed by atoms with van der Waals surface area (Å²) in [6.07, 6.45) is 59.6. The predicted octanol–water partition coefficient (Wildman–Crippen LogP) is 17.1. The lowest BCUT2D eigenvalue weighted by Crippen LogP contribution is -2.45. The molecule has 3 N–H and O–H groups in total. The van der Waals surface area contributed by atoms with E-state index in [9.17, 15) is 19.8 Å². The molecule has 2 unspecified atom stereocenters. The number of amides is 1. The minimum atomic E-state index is -0.660. The molecule has 0 aliphatic heterocycles. The molecule has 0 aromatic heterocycles. The first-order valence-electron chi connectivity index (χ1n) is 28.3. The van der Waals surface area contributed by atoms with Crippen molar-refractivity contribution in [2.45, 2.75) is 334 Å². The van der Waals surface area contributed by atoms with E-state index in [0.717, 1.165) is 38.5 Å². The van der Waals surface area contributed by atoms with E-state index >= 15 is 0 Å². The van der Waals surface area contributed by atoms with Gasteiger partial charge in [-0.05, 0) is 25.7 Å². The molecule has 0 bridgehead atoms. The summed E-state index contributed by atoms with van der Waals surface area (Å²) in [6.45, 7) is 4.95. The number of aliphatic hydroxyl groups is 2. The Kier molecular flexibility index (Phi) is 51.5. The van der Waals surface area contributed by atoms with Crippen molar-refractivity contribution in [3.8, 4) is 0 Å². The summed E-state index contributed by atoms with van der Waals surface area (Å²) in [5.41, 5.74) is 0. The van der Waals surface area contributed by atoms with Gasteiger partial charge in [0.15, 0.2) is 0 Å². The van der Waals surface area contributed by atoms with Gasteiger partial charge in [0.25, 0.3) is 0 Å². The number of unbranched alkanes of at least 4 members (excludes halogenated alkanes) is 42. The van der Waals surface area contributed by atoms with Gasteiger partial charge in [0.05, 0.1) is 25.4 Å². The van der Waals surface area contributed by atoms with E-state index in [2.05, 4.69) is 19.2 Å². The minimum Gasteiger partial charge on any atom is -0.466 e. The lowest BCUT2D eigenvalue weighted by atomic mass is 10.0. The van der Waals surface area contributed by atoms with Crippen LogP contribution in [-0.2, 0) is 14.3 Å². The van der Waals surface area contributed by atoms with E-state index < -0.39 is 12.1 Å². The molecule has 6 heteroatoms. The highest BCUT2D eigenvalue weighted by Gasteiger charge is 2.20. The average molecular weight is 879 g/mol. The van der Waals surface area contributed by atoms with Crippen LogP contribution in [0.1, 0.15) is 322 Å². The maximum Gasteiger partial charge on any atom is 0.305 e. The van der Waals surface area contributed by atoms with Crippen LogP contribution in [0.2, 0.25) is 0 Å². The number of rotatable bonds is 53. The zero-order valence-corrected chi connectivity index (χ0v) is 42.1. The summed E-state index contributed by atoms with van der Waals surface area (Å²) in [5.74, 6) is -0.0201. The Morgan fingerprint density at radius 2 is 0.661 bits per heavy atom. The number of carbonyl (C=O) groups excluding carboxylic acids is 2. The van der Waals surface area contributed by atoms with Crippen LogP contribution in [-0.4, -0.2) is 47.4 Å². The van der Waals surface area contributed by atoms with E-state index in [1.807, 2.05) is 0 Å². The normalized spacial score (nSPS) is 12.5. The van der Waals surface area contributed by atoms with Crippen molar-refractivity contribution in [3.05, 3.63) is 0 Å². The fourth-order valence-corrected chi connectivity index (χ4v) is 9.05. The number of hydrogen-bond acceptors (Lipinski definition) is 5. The molecule has 0 saturated heterocycles. The topological polar surface area (TPSA) is 95.9 Å². The summed E-state index contributed by atoms with van der Waals surface area (Å²) >= 11 is 0. The summed E-state index contributed by atoms with van der Waals surface area (Å²) in [6, 6.07) is -0.538. The third-order valence-electron chi connectivity index (χ3n) is 13.4. The van der Waals surface area contributed by atoms with Crippen LogP contribution in [0, 0.1) is 0 Å². The largest absolute Gasteiger partial charge is 0.466 e. The van der Waals surface area contributed by atoms with Crippen molar-refractivity contribution >= 4 is 11.9 Å². The molecular weight excluding hydrogens is 767 g/mol. The second-order valence-electron chi connectivity index (χ2n) is 19.6. The van der Waals surface area contributed by atoms with Gasteiger partial charge in [-0.3, -0.25) is 9.59 Å². The van der Waals surface area contributed by atoms with Crippen molar-refractivity contribution in [2.24, 2.45) is 0 Å². The van der Waals surface area contributed by atoms with Gasteiger partial charge < -0.3 is 20.3 Å². The molecular formula is C56H111NO5. The fourth-order valence-electron chi connectivity index (χ4n) is 9.05. The molecule has 0 rings (SSSR count). The molecule has 0 fully saturated rings. The Balaban J connectivity index is 3.32. The van der Waals surface area contributed by atoms with E-state index in [1.54, 1.807) is 0 Å². The van der Waals surface area contributed by atoms with Gasteiger partial charge in [-0.25, -0.2) is 0 Å². The molecule has 6 nitrogen and oxygen atoms in total. The fraction of sp³-hybridized carbons (Fsp3) is 0.964. The molecule has 0 saturated carbocycles. The standard InChI is InChI=1S/C56H111NO5/c1-3-5-7-9-11-13-14-15-27-30-34-38-42-46-50-56(61)62-51-47-43-39-35-31-28-25-23-21-19-17-16-18-20-22-24-26-29-33-37-41-45-49-55(60)57-53(52-58)54(59)48-44-40-36-32-12-10-8-6-4-2/h53-54,58-59H,3-52H2,1-2H3,(H,57,60). The van der Waals surface area contributed by atoms with Gasteiger partial charge in [-0.1, -0.05) is 284 Å². The first kappa shape index (κ1) is 60.9. The summed E-state index contributed by atoms with van der Waals surface area (Å²) in [4.78, 5) is 24.4. The lowest BCUT2D eigenvalue weighted by Gasteiger charge is -2.22. The van der Waals surface area contributed by atoms with Crippen molar-refractivity contribution in [1.82, 2.24) is 5.32 Å². The Hall–Kier alpha value is -1.14. The second kappa shape index (κ2) is 52.5. The highest BCUT2D eigenvalue weighted by Crippen LogP contribution is 2.18. The van der Waals surface area contributed by atoms with Crippen molar-refractivity contribution in [1.29, 1.82) is 0 Å². The van der Waals surface area contributed by atoms with Gasteiger partial charge in [-0.15, -0.1) is 0 Å². The molecule has 0 aromatic rings. The van der Waals surface area contributed by atoms with Crippen LogP contribution >= 0.6 is 0 Å². The SMILES string of the molecule is CCCCCCCCCCCCCCCCC(=O)OCCCCCCCCCCCCCCCCCCCCCCCCC(=O)NC(CO)C(O)CCCCCCCCCCC. The van der Waals surface area contributed by atoms with Crippen LogP contribution in [0.4, 0.5) is 0 Å². The molecule has 0 aliphatic rings. The highest BCUT2D eigenvalue weighted by atomic mass is 16.5. The Morgan fingerprint density at radius 1 is 0.387 bits per heavy atom. The van der Waals surface area contributed by atoms with Gasteiger partial charge >= 0.3 is 5.97 Å². The minimum absolute atomic E-state index is 0.0160. The summed E-state index contributed by atoms with van der Waals surface area (Å²) in [7, 11) is 0. The quantitative estimate of drug-likeness (QED) is 0.0418. The zero-order chi connectivity index (χ0) is 45.1. The van der Waals surface area contributed by atoms with Crippen LogP contribution in [0.25, 0.3) is 0 Å². The molecule has 0 aromatic carbocycles. The van der Waals surface area contributed by atoms with Gasteiger partial charge in [0.1, 0.15) is 0 Å². The Bertz CT molecular complexity index is 882. The molecule has 62 heavy (non-hydrogen) atoms. The van der Waals surface area contributed by atoms with Gasteiger partial charge in [-0.2, -0.15) is 0 Å². The Labute approximate surface area is 387 Å². The first-order valence-corrected chi connectivity index (χ1v) is 28.3. The second-order valence-corrected chi connectivity index (χ2v) is 19.6. The van der Waals surface area contributed by atoms with Crippen LogP contribution in [0.3, 0.4) is 0 Å². The maximum absolute atomic E-state index is 12.4. The van der Waals surface area contributed by atoms with E-state index in [0.29, 0.717) is 25.9 Å². The Morgan fingerprint density at radius 3 is 0.984 bits per heavy atom. The summed E-state index contributed by atoms with van der Waals surface area (Å²) < 4.78 is 5.48. The maximum atomic E-state index is 12.4. The van der Waals surface area contributed by atoms with Gasteiger partial charge in [0.2, 0.25) is 5.91 Å². The molecule has 0 radical (unpaired) electrons. The molecule has 370 valence electrons. The van der Waals surface area contributed by atoms with E-state index in [1.165, 1.54) is 250 Å². The third-order valence-corrected chi connectivity index (χ3v) is 13.4. The van der Waals surface area contributed by atoms with E-state index in [-0.39, 0.29) is 18.5 Å². The predicted molar refractivity (Wildman–Crippen MR) is 269 cm³/mol. The van der Waals surface area contributed by atoms with Crippen molar-refractivity contribution in [2.75, 3.05) is 13.2 Å². The molecule has 0 heterocycles. The van der Waals surface area contributed by atoms with Gasteiger partial charge in [0, 0.05) is 12.8 Å². The number of esters is 1. The summed E-state index contributed by atoms with van der Waals surface area (Å²) in [5, 5.41) is 23.1. The average Bonchev–Trinajstić information content (AvgIpc) is 3.27. The molecule has 0 aliphatic carbocycles. The molecule has 2 atom stereocenters. The number of nitrogens with one attached hydrogen (secondary N) is 1. The highest BCUT2D eigenvalue weighted by molar-refractivity contribution is 5.76. The van der Waals surface area contributed by atoms with Crippen LogP contribution in [0.5, 0.6) is 0 Å². The molecule has 1 amide bonds. The van der Waals surface area contributed by atoms with E-state index in [4.69, 9.17) is 4.74 Å². The van der Waals surface area contributed by atoms with Crippen molar-refractivity contribution < 1.29 is 24.5 Å². The van der Waals surface area contributed by atoms with Crippen LogP contribution in [0.15, 0.2) is 0 Å². The smallest absolute Gasteiger partial charge is 0.305 e. The molecule has 0 spiro atoms. The third kappa shape index (κ3) is 48.3. The number of aliphatic hydroxyl groups excluding tert-OH is 2. The first-order chi connectivity index (χ1) is 30.5. The zero-order valence-electron chi connectivity index (χ0n) is 42.1. The number of ether oxygens (including phenoxy) is 1. The number of hydrogen-bond donors (Lipinski definition) is 3. The lowest BCUT2D eigenvalue weighted by molar-refractivity contribution is -0.143. The van der Waals surface area contributed by atoms with Crippen molar-refractivity contribution in [3.63, 3.8) is 0 Å². The van der Waals surface area contributed by atoms with Crippen LogP contribution < -0.4 is 5.32 Å². The monoisotopic (exact) mass is 878 g/mol.